The summed E-state index contributed by atoms with van der Waals surface area (Å²) < 4.78 is 1.78. The molecule has 0 bridgehead atoms. The molecular formula is C23H29N5O. The molecule has 1 aliphatic heterocycles. The summed E-state index contributed by atoms with van der Waals surface area (Å²) in [5, 5.41) is 5.24. The Kier molecular flexibility index (Phi) is 6.00. The first-order chi connectivity index (χ1) is 14.1. The van der Waals surface area contributed by atoms with Crippen molar-refractivity contribution in [1.82, 2.24) is 24.6 Å². The summed E-state index contributed by atoms with van der Waals surface area (Å²) >= 11 is 0. The summed E-state index contributed by atoms with van der Waals surface area (Å²) in [5.74, 6) is 0.494. The van der Waals surface area contributed by atoms with Gasteiger partial charge in [-0.1, -0.05) is 13.3 Å². The minimum absolute atomic E-state index is 0.172. The van der Waals surface area contributed by atoms with Crippen LogP contribution in [-0.4, -0.2) is 50.1 Å². The maximum atomic E-state index is 12.8. The van der Waals surface area contributed by atoms with Gasteiger partial charge >= 0.3 is 0 Å². The highest BCUT2D eigenvalue weighted by Gasteiger charge is 2.24. The predicted octanol–water partition coefficient (Wildman–Crippen LogP) is 3.65. The van der Waals surface area contributed by atoms with Crippen LogP contribution in [0.15, 0.2) is 36.9 Å². The van der Waals surface area contributed by atoms with Gasteiger partial charge in [0.05, 0.1) is 17.9 Å². The van der Waals surface area contributed by atoms with Crippen LogP contribution in [0.1, 0.15) is 38.3 Å². The molecule has 0 aromatic carbocycles. The third-order valence-electron chi connectivity index (χ3n) is 5.89. The standard InChI is InChI=1S/C23H29N5O/c1-3-4-7-28-8-5-17(6-9-28)23(29)12-21-11-18-10-19(13-25-22(18)15-24-21)20-14-26-27(2)16-20/h10-11,13-17H,3-9,12H2,1-2H3. The first-order valence-electron chi connectivity index (χ1n) is 10.6. The number of aryl methyl sites for hydroxylation is 1. The van der Waals surface area contributed by atoms with Crippen LogP contribution in [0.3, 0.4) is 0 Å². The van der Waals surface area contributed by atoms with Crippen molar-refractivity contribution in [2.45, 2.75) is 39.0 Å². The molecular weight excluding hydrogens is 362 g/mol. The van der Waals surface area contributed by atoms with Crippen molar-refractivity contribution in [3.8, 4) is 11.1 Å². The fraction of sp³-hybridized carbons (Fsp3) is 0.478. The lowest BCUT2D eigenvalue weighted by Gasteiger charge is -2.31. The number of aromatic nitrogens is 4. The van der Waals surface area contributed by atoms with Crippen LogP contribution < -0.4 is 0 Å². The zero-order valence-corrected chi connectivity index (χ0v) is 17.3. The number of pyridine rings is 2. The molecule has 0 N–H and O–H groups in total. The lowest BCUT2D eigenvalue weighted by molar-refractivity contribution is -0.123. The molecule has 3 aromatic heterocycles. The largest absolute Gasteiger partial charge is 0.303 e. The summed E-state index contributed by atoms with van der Waals surface area (Å²) in [4.78, 5) is 24.3. The molecule has 0 radical (unpaired) electrons. The van der Waals surface area contributed by atoms with Crippen molar-refractivity contribution in [3.63, 3.8) is 0 Å². The molecule has 1 aliphatic rings. The van der Waals surface area contributed by atoms with E-state index in [1.807, 2.05) is 31.7 Å². The molecule has 4 rings (SSSR count). The summed E-state index contributed by atoms with van der Waals surface area (Å²) in [6, 6.07) is 4.11. The minimum Gasteiger partial charge on any atom is -0.303 e. The van der Waals surface area contributed by atoms with Gasteiger partial charge in [-0.25, -0.2) is 0 Å². The molecule has 0 unspecified atom stereocenters. The number of piperidine rings is 1. The van der Waals surface area contributed by atoms with E-state index in [9.17, 15) is 4.79 Å². The maximum absolute atomic E-state index is 12.8. The second-order valence-corrected chi connectivity index (χ2v) is 8.11. The number of fused-ring (bicyclic) bond motifs is 1. The van der Waals surface area contributed by atoms with E-state index in [2.05, 4.69) is 33.0 Å². The highest BCUT2D eigenvalue weighted by molar-refractivity contribution is 5.86. The minimum atomic E-state index is 0.172. The third kappa shape index (κ3) is 4.70. The van der Waals surface area contributed by atoms with Crippen molar-refractivity contribution >= 4 is 16.7 Å². The van der Waals surface area contributed by atoms with Gasteiger partial charge in [0, 0.05) is 54.0 Å². The van der Waals surface area contributed by atoms with E-state index >= 15 is 0 Å². The van der Waals surface area contributed by atoms with Crippen LogP contribution in [0.2, 0.25) is 0 Å². The van der Waals surface area contributed by atoms with E-state index in [1.165, 1.54) is 12.8 Å². The number of likely N-dealkylation sites (tertiary alicyclic amines) is 1. The lowest BCUT2D eigenvalue weighted by atomic mass is 9.90. The van der Waals surface area contributed by atoms with Gasteiger partial charge in [-0.3, -0.25) is 19.4 Å². The molecule has 0 atom stereocenters. The van der Waals surface area contributed by atoms with Gasteiger partial charge in [-0.2, -0.15) is 5.10 Å². The van der Waals surface area contributed by atoms with Crippen LogP contribution in [0, 0.1) is 5.92 Å². The van der Waals surface area contributed by atoms with E-state index in [0.29, 0.717) is 12.2 Å². The second-order valence-electron chi connectivity index (χ2n) is 8.11. The Hall–Kier alpha value is -2.60. The van der Waals surface area contributed by atoms with E-state index < -0.39 is 0 Å². The molecule has 0 amide bonds. The van der Waals surface area contributed by atoms with Gasteiger partial charge in [-0.05, 0) is 51.0 Å². The number of hydrogen-bond acceptors (Lipinski definition) is 5. The zero-order valence-electron chi connectivity index (χ0n) is 17.3. The van der Waals surface area contributed by atoms with Crippen LogP contribution >= 0.6 is 0 Å². The normalized spacial score (nSPS) is 15.8. The van der Waals surface area contributed by atoms with E-state index in [4.69, 9.17) is 0 Å². The second kappa shape index (κ2) is 8.82. The van der Waals surface area contributed by atoms with Gasteiger partial charge in [0.15, 0.2) is 0 Å². The fourth-order valence-corrected chi connectivity index (χ4v) is 4.08. The molecule has 4 heterocycles. The number of carbonyl (C=O) groups is 1. The predicted molar refractivity (Wildman–Crippen MR) is 115 cm³/mol. The number of hydrogen-bond donors (Lipinski definition) is 0. The smallest absolute Gasteiger partial charge is 0.142 e. The monoisotopic (exact) mass is 391 g/mol. The fourth-order valence-electron chi connectivity index (χ4n) is 4.08. The SMILES string of the molecule is CCCCN1CCC(C(=O)Cc2cc3cc(-c4cnn(C)c4)cnc3cn2)CC1. The van der Waals surface area contributed by atoms with Crippen molar-refractivity contribution < 1.29 is 4.79 Å². The van der Waals surface area contributed by atoms with Crippen molar-refractivity contribution in [2.24, 2.45) is 13.0 Å². The Morgan fingerprint density at radius 2 is 1.93 bits per heavy atom. The Balaban J connectivity index is 1.43. The molecule has 0 spiro atoms. The highest BCUT2D eigenvalue weighted by atomic mass is 16.1. The van der Waals surface area contributed by atoms with Crippen LogP contribution in [-0.2, 0) is 18.3 Å². The quantitative estimate of drug-likeness (QED) is 0.615. The van der Waals surface area contributed by atoms with Gasteiger partial charge in [-0.15, -0.1) is 0 Å². The summed E-state index contributed by atoms with van der Waals surface area (Å²) in [5.41, 5.74) is 3.74. The Bertz CT molecular complexity index is 988. The van der Waals surface area contributed by atoms with Gasteiger partial charge in [0.2, 0.25) is 0 Å². The van der Waals surface area contributed by atoms with Crippen LogP contribution in [0.5, 0.6) is 0 Å². The van der Waals surface area contributed by atoms with E-state index in [-0.39, 0.29) is 5.92 Å². The maximum Gasteiger partial charge on any atom is 0.142 e. The highest BCUT2D eigenvalue weighted by Crippen LogP contribution is 2.24. The van der Waals surface area contributed by atoms with Gasteiger partial charge in [0.25, 0.3) is 0 Å². The molecule has 0 saturated carbocycles. The number of unbranched alkanes of at least 4 members (excludes halogenated alkanes) is 1. The van der Waals surface area contributed by atoms with E-state index in [1.54, 1.807) is 10.9 Å². The first-order valence-corrected chi connectivity index (χ1v) is 10.6. The average Bonchev–Trinajstić information content (AvgIpc) is 3.18. The van der Waals surface area contributed by atoms with Gasteiger partial charge in [0.1, 0.15) is 5.78 Å². The number of Topliss-reactive ketones (excluding diaryl/α,β-unsaturated/α-hetero) is 1. The average molecular weight is 392 g/mol. The molecule has 1 saturated heterocycles. The summed E-state index contributed by atoms with van der Waals surface area (Å²) in [6.07, 6.45) is 12.3. The van der Waals surface area contributed by atoms with Crippen molar-refractivity contribution in [1.29, 1.82) is 0 Å². The van der Waals surface area contributed by atoms with Gasteiger partial charge < -0.3 is 4.90 Å². The molecule has 0 aliphatic carbocycles. The van der Waals surface area contributed by atoms with Crippen molar-refractivity contribution in [2.75, 3.05) is 19.6 Å². The summed E-state index contributed by atoms with van der Waals surface area (Å²) in [6.45, 7) is 5.47. The number of nitrogens with zero attached hydrogens (tertiary/aromatic N) is 5. The Morgan fingerprint density at radius 3 is 2.66 bits per heavy atom. The molecule has 152 valence electrons. The van der Waals surface area contributed by atoms with Crippen molar-refractivity contribution in [3.05, 3.63) is 42.6 Å². The third-order valence-corrected chi connectivity index (χ3v) is 5.89. The number of rotatable bonds is 7. The van der Waals surface area contributed by atoms with Crippen LogP contribution in [0.25, 0.3) is 22.0 Å². The topological polar surface area (TPSA) is 63.9 Å². The Labute approximate surface area is 172 Å². The number of carbonyl (C=O) groups excluding carboxylic acids is 1. The zero-order chi connectivity index (χ0) is 20.2. The molecule has 6 nitrogen and oxygen atoms in total. The first kappa shape index (κ1) is 19.7. The molecule has 1 fully saturated rings. The number of ketones is 1. The Morgan fingerprint density at radius 1 is 1.10 bits per heavy atom. The summed E-state index contributed by atoms with van der Waals surface area (Å²) in [7, 11) is 1.90. The molecule has 6 heteroatoms. The van der Waals surface area contributed by atoms with E-state index in [0.717, 1.165) is 60.2 Å². The molecule has 29 heavy (non-hydrogen) atoms. The van der Waals surface area contributed by atoms with Crippen LogP contribution in [0.4, 0.5) is 0 Å². The lowest BCUT2D eigenvalue weighted by Crippen LogP contribution is -2.37. The molecule has 3 aromatic rings.